The van der Waals surface area contributed by atoms with E-state index in [1.807, 2.05) is 0 Å². The predicted octanol–water partition coefficient (Wildman–Crippen LogP) is 3.72. The first-order chi connectivity index (χ1) is 13.7. The van der Waals surface area contributed by atoms with Crippen molar-refractivity contribution in [3.63, 3.8) is 0 Å². The van der Waals surface area contributed by atoms with Crippen molar-refractivity contribution in [3.8, 4) is 23.0 Å². The molecule has 2 aromatic carbocycles. The van der Waals surface area contributed by atoms with Crippen LogP contribution in [-0.2, 0) is 0 Å². The monoisotopic (exact) mass is 405 g/mol. The van der Waals surface area contributed by atoms with Crippen LogP contribution in [0.25, 0.3) is 0 Å². The second-order valence-corrected chi connectivity index (χ2v) is 5.63. The van der Waals surface area contributed by atoms with Gasteiger partial charge >= 0.3 is 5.69 Å². The highest BCUT2D eigenvalue weighted by atomic mass is 16.6. The molecule has 0 amide bonds. The average Bonchev–Trinajstić information content (AvgIpc) is 2.72. The molecule has 0 saturated carbocycles. The maximum Gasteiger partial charge on any atom is 0.325 e. The molecule has 2 aromatic rings. The van der Waals surface area contributed by atoms with Gasteiger partial charge in [0.15, 0.2) is 17.3 Å². The summed E-state index contributed by atoms with van der Waals surface area (Å²) in [7, 11) is 5.75. The molecular formula is C20H23NO8. The number of carbonyl (C=O) groups is 2. The Kier molecular flexibility index (Phi) is 8.60. The lowest BCUT2D eigenvalue weighted by atomic mass is 10.1. The van der Waals surface area contributed by atoms with Gasteiger partial charge in [0.2, 0.25) is 0 Å². The van der Waals surface area contributed by atoms with Gasteiger partial charge in [-0.25, -0.2) is 0 Å². The van der Waals surface area contributed by atoms with E-state index in [-0.39, 0.29) is 28.5 Å². The van der Waals surface area contributed by atoms with Gasteiger partial charge in [0, 0.05) is 0 Å². The van der Waals surface area contributed by atoms with Gasteiger partial charge < -0.3 is 18.9 Å². The van der Waals surface area contributed by atoms with E-state index in [0.717, 1.165) is 0 Å². The van der Waals surface area contributed by atoms with E-state index in [0.29, 0.717) is 17.1 Å². The van der Waals surface area contributed by atoms with Crippen LogP contribution in [0, 0.1) is 10.1 Å². The molecule has 0 saturated heterocycles. The van der Waals surface area contributed by atoms with Crippen molar-refractivity contribution in [1.82, 2.24) is 0 Å². The van der Waals surface area contributed by atoms with Gasteiger partial charge in [-0.15, -0.1) is 0 Å². The zero-order valence-corrected chi connectivity index (χ0v) is 17.1. The van der Waals surface area contributed by atoms with Crippen LogP contribution in [0.4, 0.5) is 5.69 Å². The summed E-state index contributed by atoms with van der Waals surface area (Å²) in [5.41, 5.74) is 0.100. The molecule has 0 aliphatic heterocycles. The third-order valence-electron chi connectivity index (χ3n) is 3.86. The number of nitro groups is 1. The first-order valence-electron chi connectivity index (χ1n) is 8.35. The zero-order chi connectivity index (χ0) is 22.1. The Labute approximate surface area is 168 Å². The lowest BCUT2D eigenvalue weighted by Crippen LogP contribution is -2.05. The SMILES string of the molecule is COc1ccc(OC)c(C(C)=O)c1.COc1ccc(OC)c([N+](=O)[O-])c1C(C)=O. The minimum absolute atomic E-state index is 0.0317. The van der Waals surface area contributed by atoms with Gasteiger partial charge in [0.25, 0.3) is 0 Å². The summed E-state index contributed by atoms with van der Waals surface area (Å²) >= 11 is 0. The fraction of sp³-hybridized carbons (Fsp3) is 0.300. The normalized spacial score (nSPS) is 9.59. The number of methoxy groups -OCH3 is 4. The van der Waals surface area contributed by atoms with Crippen LogP contribution in [0.5, 0.6) is 23.0 Å². The van der Waals surface area contributed by atoms with Crippen molar-refractivity contribution in [2.24, 2.45) is 0 Å². The average molecular weight is 405 g/mol. The molecule has 0 N–H and O–H groups in total. The zero-order valence-electron chi connectivity index (χ0n) is 17.1. The summed E-state index contributed by atoms with van der Waals surface area (Å²) < 4.78 is 19.8. The number of hydrogen-bond acceptors (Lipinski definition) is 8. The largest absolute Gasteiger partial charge is 0.497 e. The molecule has 156 valence electrons. The molecule has 0 aliphatic rings. The Hall–Kier alpha value is -3.62. The molecule has 0 bridgehead atoms. The molecule has 0 aliphatic carbocycles. The molecule has 0 heterocycles. The molecule has 0 atom stereocenters. The van der Waals surface area contributed by atoms with E-state index in [2.05, 4.69) is 0 Å². The Morgan fingerprint density at radius 1 is 0.793 bits per heavy atom. The van der Waals surface area contributed by atoms with Crippen molar-refractivity contribution < 1.29 is 33.5 Å². The molecule has 0 aromatic heterocycles. The summed E-state index contributed by atoms with van der Waals surface area (Å²) in [6, 6.07) is 7.99. The topological polar surface area (TPSA) is 114 Å². The van der Waals surface area contributed by atoms with Gasteiger partial charge in [0.05, 0.1) is 38.9 Å². The summed E-state index contributed by atoms with van der Waals surface area (Å²) in [5.74, 6) is 0.966. The van der Waals surface area contributed by atoms with E-state index in [9.17, 15) is 19.7 Å². The Morgan fingerprint density at radius 3 is 1.72 bits per heavy atom. The fourth-order valence-electron chi connectivity index (χ4n) is 2.50. The highest BCUT2D eigenvalue weighted by Crippen LogP contribution is 2.37. The number of nitrogens with zero attached hydrogens (tertiary/aromatic N) is 1. The highest BCUT2D eigenvalue weighted by Gasteiger charge is 2.27. The van der Waals surface area contributed by atoms with Crippen LogP contribution in [0.1, 0.15) is 34.6 Å². The number of ether oxygens (including phenoxy) is 4. The lowest BCUT2D eigenvalue weighted by Gasteiger charge is -2.09. The van der Waals surface area contributed by atoms with Gasteiger partial charge in [-0.2, -0.15) is 0 Å². The van der Waals surface area contributed by atoms with Crippen LogP contribution in [-0.4, -0.2) is 44.9 Å². The first kappa shape index (κ1) is 23.4. The van der Waals surface area contributed by atoms with Gasteiger partial charge in [0.1, 0.15) is 22.8 Å². The Balaban J connectivity index is 0.000000296. The molecule has 9 heteroatoms. The van der Waals surface area contributed by atoms with E-state index in [1.165, 1.54) is 47.3 Å². The summed E-state index contributed by atoms with van der Waals surface area (Å²) in [6.45, 7) is 2.74. The van der Waals surface area contributed by atoms with E-state index >= 15 is 0 Å². The van der Waals surface area contributed by atoms with Crippen molar-refractivity contribution in [2.75, 3.05) is 28.4 Å². The number of hydrogen-bond donors (Lipinski definition) is 0. The second kappa shape index (κ2) is 10.6. The van der Waals surface area contributed by atoms with Crippen molar-refractivity contribution >= 4 is 17.3 Å². The van der Waals surface area contributed by atoms with Crippen LogP contribution in [0.2, 0.25) is 0 Å². The fourth-order valence-corrected chi connectivity index (χ4v) is 2.50. The third kappa shape index (κ3) is 5.68. The Morgan fingerprint density at radius 2 is 1.31 bits per heavy atom. The molecule has 0 fully saturated rings. The van der Waals surface area contributed by atoms with Crippen molar-refractivity contribution in [1.29, 1.82) is 0 Å². The third-order valence-corrected chi connectivity index (χ3v) is 3.86. The number of benzene rings is 2. The molecule has 0 unspecified atom stereocenters. The van der Waals surface area contributed by atoms with Crippen molar-refractivity contribution in [2.45, 2.75) is 13.8 Å². The number of Topliss-reactive ketones (excluding diaryl/α,β-unsaturated/α-hetero) is 2. The molecule has 0 spiro atoms. The van der Waals surface area contributed by atoms with Crippen LogP contribution < -0.4 is 18.9 Å². The van der Waals surface area contributed by atoms with Gasteiger partial charge in [-0.05, 0) is 44.2 Å². The second-order valence-electron chi connectivity index (χ2n) is 5.63. The van der Waals surface area contributed by atoms with E-state index in [1.54, 1.807) is 25.3 Å². The summed E-state index contributed by atoms with van der Waals surface area (Å²) in [6.07, 6.45) is 0. The first-order valence-corrected chi connectivity index (χ1v) is 8.35. The molecule has 2 rings (SSSR count). The quantitative estimate of drug-likeness (QED) is 0.389. The van der Waals surface area contributed by atoms with Gasteiger partial charge in [-0.3, -0.25) is 19.7 Å². The molecule has 29 heavy (non-hydrogen) atoms. The summed E-state index contributed by atoms with van der Waals surface area (Å²) in [5, 5.41) is 10.9. The van der Waals surface area contributed by atoms with Gasteiger partial charge in [-0.1, -0.05) is 0 Å². The maximum atomic E-state index is 11.4. The Bertz CT molecular complexity index is 867. The lowest BCUT2D eigenvalue weighted by molar-refractivity contribution is -0.386. The molecule has 9 nitrogen and oxygen atoms in total. The molecular weight excluding hydrogens is 382 g/mol. The smallest absolute Gasteiger partial charge is 0.325 e. The molecule has 0 radical (unpaired) electrons. The van der Waals surface area contributed by atoms with Crippen LogP contribution in [0.3, 0.4) is 0 Å². The minimum atomic E-state index is -0.655. The number of carbonyl (C=O) groups excluding carboxylic acids is 2. The maximum absolute atomic E-state index is 11.4. The van der Waals surface area contributed by atoms with Crippen LogP contribution >= 0.6 is 0 Å². The van der Waals surface area contributed by atoms with Crippen LogP contribution in [0.15, 0.2) is 30.3 Å². The number of rotatable bonds is 7. The number of ketones is 2. The van der Waals surface area contributed by atoms with Crippen molar-refractivity contribution in [3.05, 3.63) is 51.6 Å². The standard InChI is InChI=1S/C10H11NO5.C10H12O3/c1-6(12)9-7(15-2)4-5-8(16-3)10(9)11(13)14;1-7(11)9-6-8(12-2)4-5-10(9)13-3/h4-5H,1-3H3;4-6H,1-3H3. The minimum Gasteiger partial charge on any atom is -0.497 e. The predicted molar refractivity (Wildman–Crippen MR) is 106 cm³/mol. The number of nitro benzene ring substituents is 1. The van der Waals surface area contributed by atoms with E-state index < -0.39 is 10.7 Å². The highest BCUT2D eigenvalue weighted by molar-refractivity contribution is 6.02. The summed E-state index contributed by atoms with van der Waals surface area (Å²) in [4.78, 5) is 32.8. The van der Waals surface area contributed by atoms with E-state index in [4.69, 9.17) is 18.9 Å².